The molecule has 0 bridgehead atoms. The minimum Gasteiger partial charge on any atom is -0.314 e. The number of non-ortho nitro benzene ring substituents is 1. The summed E-state index contributed by atoms with van der Waals surface area (Å²) < 4.78 is 27.4. The first-order valence-electron chi connectivity index (χ1n) is 7.17. The Morgan fingerprint density at radius 2 is 2.12 bits per heavy atom. The third kappa shape index (κ3) is 3.07. The molecule has 8 nitrogen and oxygen atoms in total. The van der Waals surface area contributed by atoms with Gasteiger partial charge in [0.2, 0.25) is 10.0 Å². The lowest BCUT2D eigenvalue weighted by atomic mass is 10.2. The van der Waals surface area contributed by atoms with Crippen molar-refractivity contribution in [2.24, 2.45) is 0 Å². The lowest BCUT2D eigenvalue weighted by Gasteiger charge is -2.32. The quantitative estimate of drug-likeness (QED) is 0.647. The summed E-state index contributed by atoms with van der Waals surface area (Å²) in [6, 6.07) is 5.38. The number of nitro groups is 1. The Morgan fingerprint density at radius 1 is 1.38 bits per heavy atom. The number of aromatic nitrogens is 1. The van der Waals surface area contributed by atoms with Gasteiger partial charge < -0.3 is 5.32 Å². The van der Waals surface area contributed by atoms with Gasteiger partial charge in [-0.25, -0.2) is 8.42 Å². The smallest absolute Gasteiger partial charge is 0.278 e. The lowest BCUT2D eigenvalue weighted by molar-refractivity contribution is -0.383. The van der Waals surface area contributed by atoms with Gasteiger partial charge in [-0.15, -0.1) is 12.4 Å². The molecule has 1 fully saturated rings. The minimum atomic E-state index is -3.77. The number of rotatable bonds is 3. The molecule has 0 radical (unpaired) electrons. The van der Waals surface area contributed by atoms with Crippen LogP contribution in [0.1, 0.15) is 6.92 Å². The van der Waals surface area contributed by atoms with Gasteiger partial charge in [0.15, 0.2) is 0 Å². The second kappa shape index (κ2) is 6.98. The van der Waals surface area contributed by atoms with Crippen molar-refractivity contribution in [3.8, 4) is 0 Å². The summed E-state index contributed by atoms with van der Waals surface area (Å²) in [5.41, 5.74) is -0.0205. The molecule has 3 rings (SSSR count). The van der Waals surface area contributed by atoms with Crippen LogP contribution in [-0.2, 0) is 10.0 Å². The van der Waals surface area contributed by atoms with Gasteiger partial charge >= 0.3 is 0 Å². The number of sulfonamides is 1. The molecule has 10 heteroatoms. The summed E-state index contributed by atoms with van der Waals surface area (Å²) in [5, 5.41) is 14.5. The van der Waals surface area contributed by atoms with E-state index in [1.165, 1.54) is 28.7 Å². The van der Waals surface area contributed by atoms with E-state index >= 15 is 0 Å². The van der Waals surface area contributed by atoms with Crippen LogP contribution in [-0.4, -0.2) is 48.3 Å². The minimum absolute atomic E-state index is 0. The number of fused-ring (bicyclic) bond motifs is 1. The topological polar surface area (TPSA) is 105 Å². The SMILES string of the molecule is C[C@H]1CNCCN1S(=O)(=O)c1ccc([N+](=O)[O-])c2cccnc12.Cl. The number of piperazine rings is 1. The third-order valence-corrected chi connectivity index (χ3v) is 5.98. The molecule has 1 aromatic heterocycles. The Bertz CT molecular complexity index is 874. The highest BCUT2D eigenvalue weighted by Gasteiger charge is 2.33. The maximum atomic E-state index is 13.0. The molecule has 0 amide bonds. The van der Waals surface area contributed by atoms with Gasteiger partial charge in [0.1, 0.15) is 4.90 Å². The highest BCUT2D eigenvalue weighted by molar-refractivity contribution is 7.89. The van der Waals surface area contributed by atoms with Crippen molar-refractivity contribution in [1.29, 1.82) is 0 Å². The van der Waals surface area contributed by atoms with Crippen LogP contribution in [0.3, 0.4) is 0 Å². The number of nitro benzene ring substituents is 1. The van der Waals surface area contributed by atoms with Gasteiger partial charge in [0.25, 0.3) is 5.69 Å². The zero-order valence-corrected chi connectivity index (χ0v) is 14.5. The van der Waals surface area contributed by atoms with E-state index < -0.39 is 14.9 Å². The van der Waals surface area contributed by atoms with Crippen LogP contribution in [0.15, 0.2) is 35.4 Å². The monoisotopic (exact) mass is 372 g/mol. The van der Waals surface area contributed by atoms with Crippen molar-refractivity contribution in [3.05, 3.63) is 40.6 Å². The second-order valence-corrected chi connectivity index (χ2v) is 7.27. The van der Waals surface area contributed by atoms with Gasteiger partial charge in [-0.1, -0.05) is 0 Å². The Hall–Kier alpha value is -1.81. The number of nitrogens with one attached hydrogen (secondary N) is 1. The molecule has 0 unspecified atom stereocenters. The van der Waals surface area contributed by atoms with Crippen LogP contribution < -0.4 is 5.32 Å². The van der Waals surface area contributed by atoms with Gasteiger partial charge in [-0.3, -0.25) is 15.1 Å². The summed E-state index contributed by atoms with van der Waals surface area (Å²) in [5.74, 6) is 0. The summed E-state index contributed by atoms with van der Waals surface area (Å²) in [4.78, 5) is 14.7. The van der Waals surface area contributed by atoms with Crippen molar-refractivity contribution in [2.45, 2.75) is 17.9 Å². The molecule has 2 heterocycles. The third-order valence-electron chi connectivity index (χ3n) is 3.93. The van der Waals surface area contributed by atoms with Crippen molar-refractivity contribution in [1.82, 2.24) is 14.6 Å². The molecule has 2 aromatic rings. The fraction of sp³-hybridized carbons (Fsp3) is 0.357. The zero-order chi connectivity index (χ0) is 16.6. The van der Waals surface area contributed by atoms with Crippen molar-refractivity contribution in [3.63, 3.8) is 0 Å². The van der Waals surface area contributed by atoms with Crippen LogP contribution in [0.2, 0.25) is 0 Å². The molecule has 130 valence electrons. The number of halogens is 1. The molecule has 1 aromatic carbocycles. The van der Waals surface area contributed by atoms with E-state index in [1.54, 1.807) is 6.07 Å². The molecule has 1 N–H and O–H groups in total. The largest absolute Gasteiger partial charge is 0.314 e. The van der Waals surface area contributed by atoms with E-state index in [1.807, 2.05) is 6.92 Å². The summed E-state index contributed by atoms with van der Waals surface area (Å²) >= 11 is 0. The van der Waals surface area contributed by atoms with Crippen LogP contribution >= 0.6 is 12.4 Å². The first-order chi connectivity index (χ1) is 10.9. The molecule has 24 heavy (non-hydrogen) atoms. The first-order valence-corrected chi connectivity index (χ1v) is 8.61. The molecular formula is C14H17ClN4O4S. The van der Waals surface area contributed by atoms with Gasteiger partial charge in [-0.2, -0.15) is 4.31 Å². The summed E-state index contributed by atoms with van der Waals surface area (Å²) in [7, 11) is -3.77. The molecule has 0 spiro atoms. The molecule has 0 aliphatic carbocycles. The highest BCUT2D eigenvalue weighted by atomic mass is 35.5. The van der Waals surface area contributed by atoms with Crippen LogP contribution in [0.5, 0.6) is 0 Å². The molecule has 1 atom stereocenters. The predicted molar refractivity (Wildman–Crippen MR) is 91.9 cm³/mol. The second-order valence-electron chi connectivity index (χ2n) is 5.41. The van der Waals surface area contributed by atoms with E-state index in [9.17, 15) is 18.5 Å². The van der Waals surface area contributed by atoms with Gasteiger partial charge in [0, 0.05) is 37.9 Å². The van der Waals surface area contributed by atoms with Crippen molar-refractivity contribution >= 4 is 39.0 Å². The number of pyridine rings is 1. The Labute approximate surface area is 145 Å². The molecule has 1 saturated heterocycles. The maximum absolute atomic E-state index is 13.0. The van der Waals surface area contributed by atoms with E-state index in [0.29, 0.717) is 19.6 Å². The summed E-state index contributed by atoms with van der Waals surface area (Å²) in [6.07, 6.45) is 1.44. The standard InChI is InChI=1S/C14H16N4O4S.ClH/c1-10-9-15-7-8-17(10)23(21,22)13-5-4-12(18(19)20)11-3-2-6-16-14(11)13;/h2-6,10,15H,7-9H2,1H3;1H/t10-;/m0./s1. The van der Waals surface area contributed by atoms with Gasteiger partial charge in [0.05, 0.1) is 15.8 Å². The van der Waals surface area contributed by atoms with E-state index in [-0.39, 0.29) is 39.9 Å². The Morgan fingerprint density at radius 3 is 2.79 bits per heavy atom. The fourth-order valence-corrected chi connectivity index (χ4v) is 4.58. The predicted octanol–water partition coefficient (Wildman–Crippen LogP) is 1.55. The number of hydrogen-bond acceptors (Lipinski definition) is 6. The van der Waals surface area contributed by atoms with Crippen LogP contribution in [0.25, 0.3) is 10.9 Å². The van der Waals surface area contributed by atoms with Gasteiger partial charge in [-0.05, 0) is 25.1 Å². The zero-order valence-electron chi connectivity index (χ0n) is 12.9. The molecule has 0 saturated carbocycles. The van der Waals surface area contributed by atoms with E-state index in [0.717, 1.165) is 0 Å². The van der Waals surface area contributed by atoms with Crippen molar-refractivity contribution < 1.29 is 13.3 Å². The maximum Gasteiger partial charge on any atom is 0.278 e. The number of hydrogen-bond donors (Lipinski definition) is 1. The van der Waals surface area contributed by atoms with E-state index in [4.69, 9.17) is 0 Å². The average molecular weight is 373 g/mol. The average Bonchev–Trinajstić information content (AvgIpc) is 2.53. The number of nitrogens with zero attached hydrogens (tertiary/aromatic N) is 3. The first kappa shape index (κ1) is 18.5. The Balaban J connectivity index is 0.00000208. The van der Waals surface area contributed by atoms with Crippen LogP contribution in [0, 0.1) is 10.1 Å². The van der Waals surface area contributed by atoms with Crippen molar-refractivity contribution in [2.75, 3.05) is 19.6 Å². The number of benzene rings is 1. The Kier molecular flexibility index (Phi) is 5.38. The molecule has 1 aliphatic rings. The van der Waals surface area contributed by atoms with E-state index in [2.05, 4.69) is 10.3 Å². The molecule has 1 aliphatic heterocycles. The highest BCUT2D eigenvalue weighted by Crippen LogP contribution is 2.31. The van der Waals surface area contributed by atoms with Crippen LogP contribution in [0.4, 0.5) is 5.69 Å². The molecular weight excluding hydrogens is 356 g/mol. The fourth-order valence-electron chi connectivity index (χ4n) is 2.80. The summed E-state index contributed by atoms with van der Waals surface area (Å²) in [6.45, 7) is 3.32. The lowest BCUT2D eigenvalue weighted by Crippen LogP contribution is -2.52. The normalized spacial score (nSPS) is 19.0.